The lowest BCUT2D eigenvalue weighted by Gasteiger charge is -2.32. The highest BCUT2D eigenvalue weighted by molar-refractivity contribution is 5.80. The third kappa shape index (κ3) is 6.16. The van der Waals surface area contributed by atoms with Gasteiger partial charge in [-0.1, -0.05) is 30.3 Å². The number of ether oxygens (including phenoxy) is 1. The summed E-state index contributed by atoms with van der Waals surface area (Å²) < 4.78 is 8.01. The number of carboxylic acid groups (broad SMARTS) is 1. The van der Waals surface area contributed by atoms with E-state index in [2.05, 4.69) is 47.6 Å². The zero-order valence-corrected chi connectivity index (χ0v) is 21.5. The first kappa shape index (κ1) is 26.2. The normalized spacial score (nSPS) is 15.9. The van der Waals surface area contributed by atoms with Crippen LogP contribution in [0.2, 0.25) is 0 Å². The largest absolute Gasteiger partial charge is 0.481 e. The van der Waals surface area contributed by atoms with Crippen molar-refractivity contribution in [3.05, 3.63) is 58.7 Å². The molecule has 0 saturated carbocycles. The highest BCUT2D eigenvalue weighted by Gasteiger charge is 2.29. The maximum atomic E-state index is 11.5. The molecule has 0 bridgehead atoms. The summed E-state index contributed by atoms with van der Waals surface area (Å²) in [7, 11) is 0. The number of piperidine rings is 1. The van der Waals surface area contributed by atoms with Crippen LogP contribution in [0.25, 0.3) is 6.08 Å². The standard InChI is InChI=1S/C28H41N3O3/c1-6-8-25-21(3)29-26(31(25)19-20-34-7-2)23-14-17-30(18-15-23)16-13-22-9-11-24(12-10-22)28(4,5)27(32)33/h6,8-12,23H,7,13-20H2,1-5H3,(H,32,33)/b8-6-. The van der Waals surface area contributed by atoms with E-state index in [0.717, 1.165) is 63.3 Å². The molecule has 186 valence electrons. The molecule has 1 aromatic carbocycles. The van der Waals surface area contributed by atoms with Gasteiger partial charge in [0.1, 0.15) is 5.82 Å². The molecule has 2 aromatic rings. The molecule has 1 saturated heterocycles. The van der Waals surface area contributed by atoms with Crippen LogP contribution in [-0.4, -0.2) is 58.4 Å². The Labute approximate surface area is 204 Å². The van der Waals surface area contributed by atoms with Crippen molar-refractivity contribution in [2.24, 2.45) is 0 Å². The van der Waals surface area contributed by atoms with E-state index in [1.165, 1.54) is 17.1 Å². The number of aromatic nitrogens is 2. The Morgan fingerprint density at radius 3 is 2.47 bits per heavy atom. The summed E-state index contributed by atoms with van der Waals surface area (Å²) >= 11 is 0. The van der Waals surface area contributed by atoms with Gasteiger partial charge >= 0.3 is 5.97 Å². The van der Waals surface area contributed by atoms with Crippen molar-refractivity contribution >= 4 is 12.0 Å². The molecule has 34 heavy (non-hydrogen) atoms. The Balaban J connectivity index is 1.57. The van der Waals surface area contributed by atoms with E-state index in [-0.39, 0.29) is 0 Å². The number of aryl methyl sites for hydroxylation is 1. The number of hydrogen-bond donors (Lipinski definition) is 1. The number of likely N-dealkylation sites (tertiary alicyclic amines) is 1. The molecule has 1 aromatic heterocycles. The van der Waals surface area contributed by atoms with Crippen LogP contribution < -0.4 is 0 Å². The van der Waals surface area contributed by atoms with Gasteiger partial charge in [0.05, 0.1) is 23.4 Å². The number of allylic oxidation sites excluding steroid dienone is 1. The molecular formula is C28H41N3O3. The molecular weight excluding hydrogens is 426 g/mol. The van der Waals surface area contributed by atoms with Crippen LogP contribution in [0.1, 0.15) is 74.8 Å². The molecule has 3 rings (SSSR count). The summed E-state index contributed by atoms with van der Waals surface area (Å²) in [6.45, 7) is 15.2. The first-order chi connectivity index (χ1) is 16.3. The van der Waals surface area contributed by atoms with Crippen molar-refractivity contribution < 1.29 is 14.6 Å². The fourth-order valence-corrected chi connectivity index (χ4v) is 4.74. The SMILES string of the molecule is C/C=C\c1c(C)nc(C2CCN(CCc3ccc(C(C)(C)C(=O)O)cc3)CC2)n1CCOCC. The van der Waals surface area contributed by atoms with Gasteiger partial charge in [0, 0.05) is 25.6 Å². The van der Waals surface area contributed by atoms with E-state index in [1.807, 2.05) is 19.1 Å². The second-order valence-electron chi connectivity index (χ2n) is 9.78. The molecule has 1 aliphatic heterocycles. The summed E-state index contributed by atoms with van der Waals surface area (Å²) in [6, 6.07) is 8.08. The molecule has 6 heteroatoms. The van der Waals surface area contributed by atoms with Crippen LogP contribution in [0.5, 0.6) is 0 Å². The van der Waals surface area contributed by atoms with Gasteiger partial charge in [-0.3, -0.25) is 4.79 Å². The average molecular weight is 468 g/mol. The van der Waals surface area contributed by atoms with Crippen LogP contribution in [0.15, 0.2) is 30.3 Å². The minimum absolute atomic E-state index is 0.480. The lowest BCUT2D eigenvalue weighted by molar-refractivity contribution is -0.142. The minimum atomic E-state index is -0.861. The quantitative estimate of drug-likeness (QED) is 0.469. The zero-order chi connectivity index (χ0) is 24.7. The predicted octanol–water partition coefficient (Wildman–Crippen LogP) is 5.05. The van der Waals surface area contributed by atoms with Crippen molar-refractivity contribution in [1.29, 1.82) is 0 Å². The zero-order valence-electron chi connectivity index (χ0n) is 21.5. The molecule has 2 heterocycles. The third-order valence-electron chi connectivity index (χ3n) is 7.09. The molecule has 0 unspecified atom stereocenters. The molecule has 0 atom stereocenters. The number of nitrogens with zero attached hydrogens (tertiary/aromatic N) is 3. The van der Waals surface area contributed by atoms with E-state index in [9.17, 15) is 9.90 Å². The molecule has 0 amide bonds. The van der Waals surface area contributed by atoms with Crippen LogP contribution in [0.4, 0.5) is 0 Å². The molecule has 1 aliphatic rings. The average Bonchev–Trinajstić information content (AvgIpc) is 3.14. The Hall–Kier alpha value is -2.44. The van der Waals surface area contributed by atoms with E-state index < -0.39 is 11.4 Å². The smallest absolute Gasteiger partial charge is 0.313 e. The number of benzene rings is 1. The lowest BCUT2D eigenvalue weighted by atomic mass is 9.84. The van der Waals surface area contributed by atoms with E-state index in [1.54, 1.807) is 13.8 Å². The molecule has 6 nitrogen and oxygen atoms in total. The summed E-state index contributed by atoms with van der Waals surface area (Å²) in [4.78, 5) is 19.0. The topological polar surface area (TPSA) is 67.6 Å². The van der Waals surface area contributed by atoms with E-state index in [0.29, 0.717) is 12.5 Å². The van der Waals surface area contributed by atoms with Crippen molar-refractivity contribution in [1.82, 2.24) is 14.5 Å². The van der Waals surface area contributed by atoms with Crippen molar-refractivity contribution in [3.8, 4) is 0 Å². The lowest BCUT2D eigenvalue weighted by Crippen LogP contribution is -2.35. The summed E-state index contributed by atoms with van der Waals surface area (Å²) in [6.07, 6.45) is 7.46. The molecule has 0 aliphatic carbocycles. The Morgan fingerprint density at radius 2 is 1.88 bits per heavy atom. The van der Waals surface area contributed by atoms with Crippen molar-refractivity contribution in [3.63, 3.8) is 0 Å². The number of rotatable bonds is 11. The number of carbonyl (C=O) groups is 1. The Morgan fingerprint density at radius 1 is 1.21 bits per heavy atom. The van der Waals surface area contributed by atoms with Crippen molar-refractivity contribution in [2.45, 2.75) is 71.8 Å². The molecule has 1 fully saturated rings. The van der Waals surface area contributed by atoms with Crippen LogP contribution in [-0.2, 0) is 27.9 Å². The van der Waals surface area contributed by atoms with Gasteiger partial charge in [-0.2, -0.15) is 0 Å². The van der Waals surface area contributed by atoms with Gasteiger partial charge in [0.2, 0.25) is 0 Å². The number of imidazole rings is 1. The minimum Gasteiger partial charge on any atom is -0.481 e. The maximum Gasteiger partial charge on any atom is 0.313 e. The first-order valence-electron chi connectivity index (χ1n) is 12.6. The van der Waals surface area contributed by atoms with Gasteiger partial charge in [0.15, 0.2) is 0 Å². The fourth-order valence-electron chi connectivity index (χ4n) is 4.74. The second-order valence-corrected chi connectivity index (χ2v) is 9.78. The number of aliphatic carboxylic acids is 1. The van der Waals surface area contributed by atoms with Crippen LogP contribution >= 0.6 is 0 Å². The molecule has 0 spiro atoms. The van der Waals surface area contributed by atoms with Gasteiger partial charge in [0.25, 0.3) is 0 Å². The van der Waals surface area contributed by atoms with Gasteiger partial charge < -0.3 is 19.3 Å². The van der Waals surface area contributed by atoms with Crippen LogP contribution in [0.3, 0.4) is 0 Å². The van der Waals surface area contributed by atoms with Crippen molar-refractivity contribution in [2.75, 3.05) is 32.8 Å². The van der Waals surface area contributed by atoms with Gasteiger partial charge in [-0.15, -0.1) is 0 Å². The first-order valence-corrected chi connectivity index (χ1v) is 12.6. The van der Waals surface area contributed by atoms with Crippen LogP contribution in [0, 0.1) is 6.92 Å². The van der Waals surface area contributed by atoms with Gasteiger partial charge in [-0.05, 0) is 84.2 Å². The summed E-state index contributed by atoms with van der Waals surface area (Å²) in [5.74, 6) is 0.893. The highest BCUT2D eigenvalue weighted by Crippen LogP contribution is 2.30. The number of carboxylic acids is 1. The maximum absolute atomic E-state index is 11.5. The highest BCUT2D eigenvalue weighted by atomic mass is 16.5. The third-order valence-corrected chi connectivity index (χ3v) is 7.09. The predicted molar refractivity (Wildman–Crippen MR) is 137 cm³/mol. The van der Waals surface area contributed by atoms with E-state index in [4.69, 9.17) is 9.72 Å². The second kappa shape index (κ2) is 11.8. The number of hydrogen-bond acceptors (Lipinski definition) is 4. The molecule has 1 N–H and O–H groups in total. The summed E-state index contributed by atoms with van der Waals surface area (Å²) in [5, 5.41) is 9.43. The fraction of sp³-hybridized carbons (Fsp3) is 0.571. The molecule has 0 radical (unpaired) electrons. The van der Waals surface area contributed by atoms with Gasteiger partial charge in [-0.25, -0.2) is 4.98 Å². The Bertz CT molecular complexity index is 968. The van der Waals surface area contributed by atoms with E-state index >= 15 is 0 Å². The monoisotopic (exact) mass is 467 g/mol. The Kier molecular flexibility index (Phi) is 9.09. The summed E-state index contributed by atoms with van der Waals surface area (Å²) in [5.41, 5.74) is 3.54.